The third kappa shape index (κ3) is 5.54. The number of aryl methyl sites for hydroxylation is 1. The zero-order valence-corrected chi connectivity index (χ0v) is 17.6. The van der Waals surface area contributed by atoms with Gasteiger partial charge in [0.25, 0.3) is 5.91 Å². The molecule has 2 rings (SSSR count). The molecule has 9 heteroatoms. The summed E-state index contributed by atoms with van der Waals surface area (Å²) in [6.45, 7) is 2.40. The number of nitrogens with one attached hydrogen (secondary N) is 1. The Kier molecular flexibility index (Phi) is 8.14. The van der Waals surface area contributed by atoms with E-state index in [1.807, 2.05) is 6.92 Å². The first-order chi connectivity index (χ1) is 13.9. The van der Waals surface area contributed by atoms with Crippen LogP contribution >= 0.6 is 11.8 Å². The van der Waals surface area contributed by atoms with Gasteiger partial charge in [-0.25, -0.2) is 0 Å². The van der Waals surface area contributed by atoms with E-state index in [0.717, 1.165) is 5.75 Å². The molecular weight excluding hydrogens is 396 g/mol. The molecule has 0 unspecified atom stereocenters. The highest BCUT2D eigenvalue weighted by atomic mass is 32.2. The molecule has 0 aliphatic carbocycles. The van der Waals surface area contributed by atoms with Crippen LogP contribution in [0.4, 0.5) is 5.69 Å². The average Bonchev–Trinajstić information content (AvgIpc) is 2.72. The fourth-order valence-electron chi connectivity index (χ4n) is 2.70. The number of carbonyl (C=O) groups is 1. The third-order valence-corrected chi connectivity index (χ3v) is 5.18. The van der Waals surface area contributed by atoms with Crippen molar-refractivity contribution in [3.8, 4) is 17.2 Å². The van der Waals surface area contributed by atoms with E-state index in [-0.39, 0.29) is 22.8 Å². The first-order valence-corrected chi connectivity index (χ1v) is 9.97. The van der Waals surface area contributed by atoms with Gasteiger partial charge in [-0.1, -0.05) is 29.8 Å². The standard InChI is InChI=1S/C20H24N2O6S/c1-13-5-7-14(8-6-13)12-29-10-9-21-20(23)15-11-16(26-2)18(27-3)19(28-4)17(15)22(24)25/h5-8,11H,9-10,12H2,1-4H3,(H,21,23). The molecule has 0 aromatic heterocycles. The van der Waals surface area contributed by atoms with Crippen molar-refractivity contribution in [2.24, 2.45) is 0 Å². The van der Waals surface area contributed by atoms with Gasteiger partial charge in [-0.3, -0.25) is 14.9 Å². The van der Waals surface area contributed by atoms with Gasteiger partial charge in [0.15, 0.2) is 5.75 Å². The Labute approximate surface area is 173 Å². The molecule has 0 saturated carbocycles. The molecule has 0 bridgehead atoms. The minimum atomic E-state index is -0.665. The van der Waals surface area contributed by atoms with Crippen molar-refractivity contribution in [3.63, 3.8) is 0 Å². The van der Waals surface area contributed by atoms with Crippen molar-refractivity contribution in [1.82, 2.24) is 5.32 Å². The van der Waals surface area contributed by atoms with Gasteiger partial charge < -0.3 is 19.5 Å². The Morgan fingerprint density at radius 3 is 2.31 bits per heavy atom. The van der Waals surface area contributed by atoms with E-state index in [9.17, 15) is 14.9 Å². The Hall–Kier alpha value is -2.94. The molecule has 0 spiro atoms. The minimum absolute atomic E-state index is 0.0619. The van der Waals surface area contributed by atoms with E-state index < -0.39 is 16.5 Å². The van der Waals surface area contributed by atoms with Crippen molar-refractivity contribution in [1.29, 1.82) is 0 Å². The van der Waals surface area contributed by atoms with E-state index in [4.69, 9.17) is 14.2 Å². The molecule has 8 nitrogen and oxygen atoms in total. The summed E-state index contributed by atoms with van der Waals surface area (Å²) in [5.41, 5.74) is 1.80. The highest BCUT2D eigenvalue weighted by Gasteiger charge is 2.32. The smallest absolute Gasteiger partial charge is 0.327 e. The Balaban J connectivity index is 2.07. The number of ether oxygens (including phenoxy) is 3. The van der Waals surface area contributed by atoms with Crippen molar-refractivity contribution in [3.05, 3.63) is 57.1 Å². The summed E-state index contributed by atoms with van der Waals surface area (Å²) in [4.78, 5) is 23.5. The zero-order chi connectivity index (χ0) is 21.4. The quantitative estimate of drug-likeness (QED) is 0.356. The van der Waals surface area contributed by atoms with Gasteiger partial charge in [0.2, 0.25) is 11.5 Å². The maximum atomic E-state index is 12.6. The normalized spacial score (nSPS) is 10.3. The summed E-state index contributed by atoms with van der Waals surface area (Å²) >= 11 is 1.66. The summed E-state index contributed by atoms with van der Waals surface area (Å²) in [7, 11) is 4.00. The van der Waals surface area contributed by atoms with Crippen LogP contribution in [-0.2, 0) is 5.75 Å². The number of rotatable bonds is 10. The maximum absolute atomic E-state index is 12.6. The second-order valence-corrected chi connectivity index (χ2v) is 7.20. The third-order valence-electron chi connectivity index (χ3n) is 4.15. The molecular formula is C20H24N2O6S. The number of hydrogen-bond donors (Lipinski definition) is 1. The molecule has 29 heavy (non-hydrogen) atoms. The molecule has 1 amide bonds. The summed E-state index contributed by atoms with van der Waals surface area (Å²) in [5, 5.41) is 14.3. The van der Waals surface area contributed by atoms with Gasteiger partial charge in [0.05, 0.1) is 26.3 Å². The molecule has 0 saturated heterocycles. The molecule has 0 aliphatic rings. The largest absolute Gasteiger partial charge is 0.493 e. The van der Waals surface area contributed by atoms with E-state index in [1.165, 1.54) is 38.5 Å². The number of nitrogens with zero attached hydrogens (tertiary/aromatic N) is 1. The number of hydrogen-bond acceptors (Lipinski definition) is 7. The number of carbonyl (C=O) groups excluding carboxylic acids is 1. The van der Waals surface area contributed by atoms with E-state index in [1.54, 1.807) is 11.8 Å². The number of amides is 1. The molecule has 0 atom stereocenters. The summed E-state index contributed by atoms with van der Waals surface area (Å²) in [5.74, 6) is 0.988. The van der Waals surface area contributed by atoms with Crippen molar-refractivity contribution in [2.45, 2.75) is 12.7 Å². The van der Waals surface area contributed by atoms with Gasteiger partial charge in [0, 0.05) is 24.1 Å². The van der Waals surface area contributed by atoms with Gasteiger partial charge in [0.1, 0.15) is 5.56 Å². The Morgan fingerprint density at radius 1 is 1.10 bits per heavy atom. The lowest BCUT2D eigenvalue weighted by Crippen LogP contribution is -2.26. The predicted molar refractivity (Wildman–Crippen MR) is 112 cm³/mol. The van der Waals surface area contributed by atoms with Crippen LogP contribution in [0.1, 0.15) is 21.5 Å². The SMILES string of the molecule is COc1cc(C(=O)NCCSCc2ccc(C)cc2)c([N+](=O)[O-])c(OC)c1OC. The second-order valence-electron chi connectivity index (χ2n) is 6.09. The number of nitro groups is 1. The van der Waals surface area contributed by atoms with E-state index in [0.29, 0.717) is 12.3 Å². The number of thioether (sulfide) groups is 1. The molecule has 0 fully saturated rings. The van der Waals surface area contributed by atoms with Gasteiger partial charge in [-0.2, -0.15) is 11.8 Å². The lowest BCUT2D eigenvalue weighted by Gasteiger charge is -2.14. The van der Waals surface area contributed by atoms with Gasteiger partial charge in [-0.05, 0) is 12.5 Å². The van der Waals surface area contributed by atoms with Crippen LogP contribution in [0.25, 0.3) is 0 Å². The molecule has 0 radical (unpaired) electrons. The second kappa shape index (κ2) is 10.6. The highest BCUT2D eigenvalue weighted by Crippen LogP contribution is 2.46. The number of nitro benzene ring substituents is 1. The van der Waals surface area contributed by atoms with E-state index >= 15 is 0 Å². The molecule has 156 valence electrons. The van der Waals surface area contributed by atoms with Crippen LogP contribution in [0.2, 0.25) is 0 Å². The van der Waals surface area contributed by atoms with Gasteiger partial charge >= 0.3 is 5.69 Å². The molecule has 1 N–H and O–H groups in total. The fourth-order valence-corrected chi connectivity index (χ4v) is 3.52. The lowest BCUT2D eigenvalue weighted by molar-refractivity contribution is -0.386. The molecule has 2 aromatic carbocycles. The minimum Gasteiger partial charge on any atom is -0.493 e. The summed E-state index contributed by atoms with van der Waals surface area (Å²) < 4.78 is 15.5. The fraction of sp³-hybridized carbons (Fsp3) is 0.350. The number of benzene rings is 2. The van der Waals surface area contributed by atoms with E-state index in [2.05, 4.69) is 29.6 Å². The Bertz CT molecular complexity index is 870. The van der Waals surface area contributed by atoms with Crippen LogP contribution in [0.15, 0.2) is 30.3 Å². The first-order valence-electron chi connectivity index (χ1n) is 8.81. The average molecular weight is 420 g/mol. The lowest BCUT2D eigenvalue weighted by atomic mass is 10.1. The molecule has 0 aliphatic heterocycles. The van der Waals surface area contributed by atoms with Crippen molar-refractivity contribution in [2.75, 3.05) is 33.6 Å². The number of methoxy groups -OCH3 is 3. The van der Waals surface area contributed by atoms with Crippen LogP contribution in [0.3, 0.4) is 0 Å². The monoisotopic (exact) mass is 420 g/mol. The van der Waals surface area contributed by atoms with Crippen molar-refractivity contribution < 1.29 is 23.9 Å². The zero-order valence-electron chi connectivity index (χ0n) is 16.8. The first kappa shape index (κ1) is 22.4. The summed E-state index contributed by atoms with van der Waals surface area (Å²) in [6.07, 6.45) is 0. The van der Waals surface area contributed by atoms with Crippen LogP contribution in [0.5, 0.6) is 17.2 Å². The topological polar surface area (TPSA) is 99.9 Å². The molecule has 2 aromatic rings. The maximum Gasteiger partial charge on any atom is 0.327 e. The van der Waals surface area contributed by atoms with Crippen LogP contribution in [-0.4, -0.2) is 44.5 Å². The highest BCUT2D eigenvalue weighted by molar-refractivity contribution is 7.98. The molecule has 0 heterocycles. The van der Waals surface area contributed by atoms with Crippen molar-refractivity contribution >= 4 is 23.4 Å². The Morgan fingerprint density at radius 2 is 1.76 bits per heavy atom. The summed E-state index contributed by atoms with van der Waals surface area (Å²) in [6, 6.07) is 9.54. The van der Waals surface area contributed by atoms with Gasteiger partial charge in [-0.15, -0.1) is 0 Å². The van der Waals surface area contributed by atoms with Crippen LogP contribution < -0.4 is 19.5 Å². The predicted octanol–water partition coefficient (Wildman–Crippen LogP) is 3.59. The van der Waals surface area contributed by atoms with Crippen LogP contribution in [0, 0.1) is 17.0 Å².